The molecule has 2 rings (SSSR count). The normalized spacial score (nSPS) is 9.71. The molecule has 2 aromatic rings. The molecule has 0 aliphatic carbocycles. The molecule has 17 heavy (non-hydrogen) atoms. The molecule has 0 saturated heterocycles. The van der Waals surface area contributed by atoms with Crippen molar-refractivity contribution in [2.45, 2.75) is 13.2 Å². The molecule has 0 atom stereocenters. The van der Waals surface area contributed by atoms with Crippen molar-refractivity contribution >= 4 is 12.4 Å². The second-order valence-electron chi connectivity index (χ2n) is 3.64. The summed E-state index contributed by atoms with van der Waals surface area (Å²) in [4.78, 5) is 11.5. The molecule has 1 N–H and O–H groups in total. The first-order valence-corrected chi connectivity index (χ1v) is 5.14. The molecule has 3 nitrogen and oxygen atoms in total. The summed E-state index contributed by atoms with van der Waals surface area (Å²) >= 11 is 0. The van der Waals surface area contributed by atoms with Gasteiger partial charge < -0.3 is 9.67 Å². The van der Waals surface area contributed by atoms with Gasteiger partial charge in [-0.25, -0.2) is 0 Å². The number of aliphatic hydroxyl groups is 1. The zero-order valence-corrected chi connectivity index (χ0v) is 10.1. The fraction of sp³-hybridized carbons (Fsp3) is 0.154. The first kappa shape index (κ1) is 13.5. The highest BCUT2D eigenvalue weighted by Crippen LogP contribution is 2.05. The van der Waals surface area contributed by atoms with E-state index in [1.165, 1.54) is 0 Å². The lowest BCUT2D eigenvalue weighted by Crippen LogP contribution is -2.18. The number of hydrogen-bond donors (Lipinski definition) is 1. The van der Waals surface area contributed by atoms with Crippen LogP contribution in [0, 0.1) is 0 Å². The van der Waals surface area contributed by atoms with Crippen LogP contribution in [0.4, 0.5) is 0 Å². The molecule has 0 amide bonds. The number of halogens is 1. The Balaban J connectivity index is 0.00000144. The van der Waals surface area contributed by atoms with Crippen molar-refractivity contribution in [2.24, 2.45) is 0 Å². The average molecular weight is 252 g/mol. The molecule has 0 aliphatic heterocycles. The van der Waals surface area contributed by atoms with Gasteiger partial charge in [-0.05, 0) is 17.2 Å². The summed E-state index contributed by atoms with van der Waals surface area (Å²) in [6, 6.07) is 12.7. The Labute approximate surface area is 106 Å². The number of pyridine rings is 1. The van der Waals surface area contributed by atoms with Crippen LogP contribution in [0.1, 0.15) is 11.1 Å². The van der Waals surface area contributed by atoms with E-state index in [1.807, 2.05) is 30.3 Å². The number of benzene rings is 1. The molecule has 0 radical (unpaired) electrons. The van der Waals surface area contributed by atoms with Gasteiger partial charge in [0.25, 0.3) is 5.56 Å². The fourth-order valence-electron chi connectivity index (χ4n) is 1.54. The largest absolute Gasteiger partial charge is 0.392 e. The number of hydrogen-bond acceptors (Lipinski definition) is 2. The Hall–Kier alpha value is -1.58. The summed E-state index contributed by atoms with van der Waals surface area (Å²) in [6.07, 6.45) is 1.77. The molecule has 90 valence electrons. The Morgan fingerprint density at radius 2 is 1.65 bits per heavy atom. The molecule has 4 heteroatoms. The standard InChI is InChI=1S/C13H13NO2.ClH/c15-10-12-6-4-11(5-7-12)9-14-8-2-1-3-13(14)16;/h1-8,15H,9-10H2;1H. The van der Waals surface area contributed by atoms with Gasteiger partial charge in [-0.15, -0.1) is 12.4 Å². The highest BCUT2D eigenvalue weighted by Gasteiger charge is 1.97. The summed E-state index contributed by atoms with van der Waals surface area (Å²) in [7, 11) is 0. The molecule has 1 aromatic carbocycles. The predicted octanol–water partition coefficient (Wildman–Crippen LogP) is 1.81. The Bertz CT molecular complexity index is 519. The van der Waals surface area contributed by atoms with Crippen LogP contribution >= 0.6 is 12.4 Å². The Morgan fingerprint density at radius 1 is 1.00 bits per heavy atom. The van der Waals surface area contributed by atoms with E-state index in [4.69, 9.17) is 5.11 Å². The van der Waals surface area contributed by atoms with Gasteiger partial charge in [0.15, 0.2) is 0 Å². The van der Waals surface area contributed by atoms with Gasteiger partial charge in [0.05, 0.1) is 13.2 Å². The molecule has 0 aliphatic rings. The average Bonchev–Trinajstić information content (AvgIpc) is 2.33. The van der Waals surface area contributed by atoms with Gasteiger partial charge in [0, 0.05) is 12.3 Å². The van der Waals surface area contributed by atoms with Crippen LogP contribution in [0.3, 0.4) is 0 Å². The van der Waals surface area contributed by atoms with E-state index in [2.05, 4.69) is 0 Å². The fourth-order valence-corrected chi connectivity index (χ4v) is 1.54. The lowest BCUT2D eigenvalue weighted by Gasteiger charge is -2.05. The summed E-state index contributed by atoms with van der Waals surface area (Å²) in [5.41, 5.74) is 1.92. The molecule has 0 fully saturated rings. The molecule has 0 spiro atoms. The Morgan fingerprint density at radius 3 is 2.24 bits per heavy atom. The minimum Gasteiger partial charge on any atom is -0.392 e. The number of aromatic nitrogens is 1. The van der Waals surface area contributed by atoms with Gasteiger partial charge in [0.2, 0.25) is 0 Å². The minimum atomic E-state index is -0.00580. The highest BCUT2D eigenvalue weighted by atomic mass is 35.5. The van der Waals surface area contributed by atoms with E-state index in [9.17, 15) is 4.79 Å². The zero-order valence-electron chi connectivity index (χ0n) is 9.24. The molecule has 0 saturated carbocycles. The van der Waals surface area contributed by atoms with E-state index in [-0.39, 0.29) is 24.6 Å². The van der Waals surface area contributed by atoms with Crippen LogP contribution in [0.15, 0.2) is 53.5 Å². The second kappa shape index (κ2) is 6.23. The molecule has 1 aromatic heterocycles. The number of rotatable bonds is 3. The topological polar surface area (TPSA) is 42.2 Å². The van der Waals surface area contributed by atoms with Crippen LogP contribution < -0.4 is 5.56 Å². The molecule has 0 unspecified atom stereocenters. The van der Waals surface area contributed by atoms with Crippen molar-refractivity contribution < 1.29 is 5.11 Å². The van der Waals surface area contributed by atoms with Crippen molar-refractivity contribution in [1.29, 1.82) is 0 Å². The minimum absolute atomic E-state index is 0. The van der Waals surface area contributed by atoms with E-state index in [0.717, 1.165) is 11.1 Å². The van der Waals surface area contributed by atoms with Crippen LogP contribution in [-0.4, -0.2) is 9.67 Å². The summed E-state index contributed by atoms with van der Waals surface area (Å²) in [5.74, 6) is 0. The van der Waals surface area contributed by atoms with E-state index >= 15 is 0 Å². The Kier molecular flexibility index (Phi) is 4.94. The quantitative estimate of drug-likeness (QED) is 0.904. The maximum Gasteiger partial charge on any atom is 0.250 e. The third-order valence-corrected chi connectivity index (χ3v) is 2.46. The maximum atomic E-state index is 11.5. The first-order valence-electron chi connectivity index (χ1n) is 5.14. The van der Waals surface area contributed by atoms with Crippen LogP contribution in [0.25, 0.3) is 0 Å². The van der Waals surface area contributed by atoms with E-state index < -0.39 is 0 Å². The summed E-state index contributed by atoms with van der Waals surface area (Å²) in [6.45, 7) is 0.608. The van der Waals surface area contributed by atoms with E-state index in [1.54, 1.807) is 22.9 Å². The predicted molar refractivity (Wildman–Crippen MR) is 69.4 cm³/mol. The second-order valence-corrected chi connectivity index (χ2v) is 3.64. The number of aliphatic hydroxyl groups excluding tert-OH is 1. The van der Waals surface area contributed by atoms with Gasteiger partial charge in [-0.1, -0.05) is 30.3 Å². The van der Waals surface area contributed by atoms with Crippen molar-refractivity contribution in [1.82, 2.24) is 4.57 Å². The number of nitrogens with zero attached hydrogens (tertiary/aromatic N) is 1. The zero-order chi connectivity index (χ0) is 11.4. The monoisotopic (exact) mass is 251 g/mol. The van der Waals surface area contributed by atoms with Crippen LogP contribution in [0.2, 0.25) is 0 Å². The highest BCUT2D eigenvalue weighted by molar-refractivity contribution is 5.85. The summed E-state index contributed by atoms with van der Waals surface area (Å²) in [5, 5.41) is 8.91. The third kappa shape index (κ3) is 3.44. The lowest BCUT2D eigenvalue weighted by molar-refractivity contribution is 0.282. The van der Waals surface area contributed by atoms with Crippen molar-refractivity contribution in [3.8, 4) is 0 Å². The van der Waals surface area contributed by atoms with Crippen LogP contribution in [-0.2, 0) is 13.2 Å². The molecule has 1 heterocycles. The van der Waals surface area contributed by atoms with Gasteiger partial charge in [-0.3, -0.25) is 4.79 Å². The SMILES string of the molecule is Cl.O=c1ccccn1Cc1ccc(CO)cc1. The van der Waals surface area contributed by atoms with Crippen molar-refractivity contribution in [3.63, 3.8) is 0 Å². The van der Waals surface area contributed by atoms with Gasteiger partial charge in [0.1, 0.15) is 0 Å². The van der Waals surface area contributed by atoms with E-state index in [0.29, 0.717) is 6.54 Å². The summed E-state index contributed by atoms with van der Waals surface area (Å²) < 4.78 is 1.65. The maximum absolute atomic E-state index is 11.5. The van der Waals surface area contributed by atoms with Gasteiger partial charge in [-0.2, -0.15) is 0 Å². The first-order chi connectivity index (χ1) is 7.79. The molecular weight excluding hydrogens is 238 g/mol. The van der Waals surface area contributed by atoms with Crippen molar-refractivity contribution in [2.75, 3.05) is 0 Å². The molecule has 0 bridgehead atoms. The van der Waals surface area contributed by atoms with Crippen molar-refractivity contribution in [3.05, 3.63) is 70.1 Å². The smallest absolute Gasteiger partial charge is 0.250 e. The molecular formula is C13H14ClNO2. The lowest BCUT2D eigenvalue weighted by atomic mass is 10.1. The third-order valence-electron chi connectivity index (χ3n) is 2.46. The van der Waals surface area contributed by atoms with Crippen LogP contribution in [0.5, 0.6) is 0 Å². The van der Waals surface area contributed by atoms with Gasteiger partial charge >= 0.3 is 0 Å².